The van der Waals surface area contributed by atoms with Crippen molar-refractivity contribution in [2.45, 2.75) is 4.90 Å². The molecule has 60 valence electrons. The Bertz CT molecular complexity index is 303. The van der Waals surface area contributed by atoms with Gasteiger partial charge in [-0.05, 0) is 6.07 Å². The van der Waals surface area contributed by atoms with Gasteiger partial charge >= 0.3 is 0 Å². The van der Waals surface area contributed by atoms with Crippen molar-refractivity contribution >= 4 is 34.0 Å². The first-order valence-electron chi connectivity index (χ1n) is 2.75. The van der Waals surface area contributed by atoms with Crippen molar-refractivity contribution in [3.8, 4) is 0 Å². The van der Waals surface area contributed by atoms with E-state index in [4.69, 9.17) is 23.2 Å². The minimum absolute atomic E-state index is 0.309. The van der Waals surface area contributed by atoms with Crippen LogP contribution in [0, 0.1) is 0 Å². The zero-order valence-corrected chi connectivity index (χ0v) is 8.00. The summed E-state index contributed by atoms with van der Waals surface area (Å²) in [6, 6.07) is 1.47. The molecular formula is C6H5Cl2NOS. The normalized spacial score (nSPS) is 13.0. The van der Waals surface area contributed by atoms with E-state index in [0.717, 1.165) is 0 Å². The third-order valence-electron chi connectivity index (χ3n) is 1.10. The molecule has 2 nitrogen and oxygen atoms in total. The predicted molar refractivity (Wildman–Crippen MR) is 46.6 cm³/mol. The molecule has 0 radical (unpaired) electrons. The molecule has 0 amide bonds. The largest absolute Gasteiger partial charge is 0.255 e. The number of halogens is 2. The Kier molecular flexibility index (Phi) is 2.87. The lowest BCUT2D eigenvalue weighted by molar-refractivity contribution is 0.686. The van der Waals surface area contributed by atoms with E-state index in [1.807, 2.05) is 0 Å². The Labute approximate surface area is 77.0 Å². The molecule has 1 unspecified atom stereocenters. The van der Waals surface area contributed by atoms with E-state index in [1.54, 1.807) is 0 Å². The van der Waals surface area contributed by atoms with Crippen LogP contribution >= 0.6 is 23.2 Å². The summed E-state index contributed by atoms with van der Waals surface area (Å²) in [5.74, 6) is 0. The summed E-state index contributed by atoms with van der Waals surface area (Å²) in [4.78, 5) is 4.26. The lowest BCUT2D eigenvalue weighted by Crippen LogP contribution is -1.89. The molecule has 1 aromatic heterocycles. The molecule has 0 fully saturated rings. The average Bonchev–Trinajstić information content (AvgIpc) is 1.85. The Balaban J connectivity index is 3.20. The van der Waals surface area contributed by atoms with Crippen LogP contribution in [0.25, 0.3) is 0 Å². The Hall–Kier alpha value is -0.120. The number of nitrogens with zero attached hydrogens (tertiary/aromatic N) is 1. The molecular weight excluding hydrogens is 205 g/mol. The van der Waals surface area contributed by atoms with Crippen molar-refractivity contribution in [1.82, 2.24) is 4.98 Å². The quantitative estimate of drug-likeness (QED) is 0.664. The van der Waals surface area contributed by atoms with Gasteiger partial charge in [-0.15, -0.1) is 0 Å². The minimum Gasteiger partial charge on any atom is -0.255 e. The fraction of sp³-hybridized carbons (Fsp3) is 0.167. The van der Waals surface area contributed by atoms with Gasteiger partial charge in [-0.3, -0.25) is 4.21 Å². The summed E-state index contributed by atoms with van der Waals surface area (Å²) in [5, 5.41) is 0.704. The summed E-state index contributed by atoms with van der Waals surface area (Å²) >= 11 is 11.2. The molecule has 0 N–H and O–H groups in total. The second-order valence-electron chi connectivity index (χ2n) is 1.89. The van der Waals surface area contributed by atoms with Gasteiger partial charge in [0.1, 0.15) is 5.15 Å². The maximum absolute atomic E-state index is 10.9. The van der Waals surface area contributed by atoms with E-state index in [-0.39, 0.29) is 0 Å². The molecule has 0 aliphatic rings. The average molecular weight is 210 g/mol. The molecule has 0 saturated carbocycles. The topological polar surface area (TPSA) is 30.0 Å². The van der Waals surface area contributed by atoms with Crippen LogP contribution in [0.1, 0.15) is 0 Å². The van der Waals surface area contributed by atoms with E-state index in [9.17, 15) is 4.21 Å². The van der Waals surface area contributed by atoms with Crippen molar-refractivity contribution in [3.63, 3.8) is 0 Å². The molecule has 1 heterocycles. The van der Waals surface area contributed by atoms with Crippen LogP contribution in [-0.2, 0) is 10.8 Å². The van der Waals surface area contributed by atoms with Gasteiger partial charge in [0.15, 0.2) is 0 Å². The van der Waals surface area contributed by atoms with Crippen LogP contribution in [-0.4, -0.2) is 15.4 Å². The van der Waals surface area contributed by atoms with Crippen molar-refractivity contribution < 1.29 is 4.21 Å². The second kappa shape index (κ2) is 3.52. The maximum Gasteiger partial charge on any atom is 0.130 e. The van der Waals surface area contributed by atoms with Gasteiger partial charge in [0.2, 0.25) is 0 Å². The number of pyridine rings is 1. The molecule has 0 aromatic carbocycles. The van der Waals surface area contributed by atoms with Gasteiger partial charge in [-0.2, -0.15) is 0 Å². The van der Waals surface area contributed by atoms with Crippen LogP contribution in [0.3, 0.4) is 0 Å². The summed E-state index contributed by atoms with van der Waals surface area (Å²) in [6.45, 7) is 0. The molecule has 0 saturated heterocycles. The zero-order valence-electron chi connectivity index (χ0n) is 5.67. The van der Waals surface area contributed by atoms with Crippen LogP contribution in [0.15, 0.2) is 17.2 Å². The van der Waals surface area contributed by atoms with Crippen molar-refractivity contribution in [2.75, 3.05) is 6.26 Å². The molecule has 1 rings (SSSR count). The number of hydrogen-bond donors (Lipinski definition) is 0. The van der Waals surface area contributed by atoms with E-state index < -0.39 is 10.8 Å². The van der Waals surface area contributed by atoms with Gasteiger partial charge in [-0.1, -0.05) is 23.2 Å². The number of hydrogen-bond acceptors (Lipinski definition) is 2. The van der Waals surface area contributed by atoms with Gasteiger partial charge in [0.05, 0.1) is 20.7 Å². The standard InChI is InChI=1S/C6H5Cl2NOS/c1-11(10)5-3-9-6(8)2-4(5)7/h2-3H,1H3. The summed E-state index contributed by atoms with van der Waals surface area (Å²) in [6.07, 6.45) is 2.96. The maximum atomic E-state index is 10.9. The lowest BCUT2D eigenvalue weighted by atomic mass is 10.5. The van der Waals surface area contributed by atoms with Crippen molar-refractivity contribution in [3.05, 3.63) is 22.4 Å². The highest BCUT2D eigenvalue weighted by Gasteiger charge is 2.04. The number of rotatable bonds is 1. The highest BCUT2D eigenvalue weighted by molar-refractivity contribution is 7.84. The Morgan fingerprint density at radius 2 is 2.18 bits per heavy atom. The van der Waals surface area contributed by atoms with Gasteiger partial charge < -0.3 is 0 Å². The second-order valence-corrected chi connectivity index (χ2v) is 4.03. The predicted octanol–water partition coefficient (Wildman–Crippen LogP) is 2.13. The lowest BCUT2D eigenvalue weighted by Gasteiger charge is -1.98. The molecule has 0 bridgehead atoms. The van der Waals surface area contributed by atoms with Gasteiger partial charge in [0, 0.05) is 12.5 Å². The monoisotopic (exact) mass is 209 g/mol. The Morgan fingerprint density at radius 1 is 1.55 bits per heavy atom. The third kappa shape index (κ3) is 2.15. The Morgan fingerprint density at radius 3 is 2.64 bits per heavy atom. The molecule has 11 heavy (non-hydrogen) atoms. The van der Waals surface area contributed by atoms with Crippen LogP contribution < -0.4 is 0 Å². The molecule has 1 atom stereocenters. The molecule has 5 heteroatoms. The summed E-state index contributed by atoms with van der Waals surface area (Å²) in [5.41, 5.74) is 0. The van der Waals surface area contributed by atoms with Crippen LogP contribution in [0.4, 0.5) is 0 Å². The molecule has 0 aliphatic heterocycles. The fourth-order valence-corrected chi connectivity index (χ4v) is 1.83. The van der Waals surface area contributed by atoms with Crippen molar-refractivity contribution in [2.24, 2.45) is 0 Å². The van der Waals surface area contributed by atoms with Crippen LogP contribution in [0.2, 0.25) is 10.2 Å². The van der Waals surface area contributed by atoms with Gasteiger partial charge in [-0.25, -0.2) is 4.98 Å². The smallest absolute Gasteiger partial charge is 0.130 e. The first-order chi connectivity index (χ1) is 5.11. The molecule has 1 aromatic rings. The van der Waals surface area contributed by atoms with Gasteiger partial charge in [0.25, 0.3) is 0 Å². The SMILES string of the molecule is CS(=O)c1cnc(Cl)cc1Cl. The van der Waals surface area contributed by atoms with E-state index in [1.165, 1.54) is 18.5 Å². The first-order valence-corrected chi connectivity index (χ1v) is 5.07. The van der Waals surface area contributed by atoms with E-state index in [0.29, 0.717) is 15.1 Å². The molecule has 0 spiro atoms. The highest BCUT2D eigenvalue weighted by atomic mass is 35.5. The molecule has 0 aliphatic carbocycles. The van der Waals surface area contributed by atoms with E-state index in [2.05, 4.69) is 4.98 Å². The van der Waals surface area contributed by atoms with E-state index >= 15 is 0 Å². The minimum atomic E-state index is -1.10. The van der Waals surface area contributed by atoms with Crippen molar-refractivity contribution in [1.29, 1.82) is 0 Å². The summed E-state index contributed by atoms with van der Waals surface area (Å²) < 4.78 is 10.9. The first kappa shape index (κ1) is 8.97. The zero-order chi connectivity index (χ0) is 8.43. The van der Waals surface area contributed by atoms with Crippen LogP contribution in [0.5, 0.6) is 0 Å². The fourth-order valence-electron chi connectivity index (χ4n) is 0.606. The summed E-state index contributed by atoms with van der Waals surface area (Å²) in [7, 11) is -1.10. The highest BCUT2D eigenvalue weighted by Crippen LogP contribution is 2.20. The number of aromatic nitrogens is 1. The third-order valence-corrected chi connectivity index (χ3v) is 2.67.